The van der Waals surface area contributed by atoms with Gasteiger partial charge in [0.25, 0.3) is 5.91 Å². The summed E-state index contributed by atoms with van der Waals surface area (Å²) in [5, 5.41) is 14.2. The molecule has 0 aliphatic rings. The predicted octanol–water partition coefficient (Wildman–Crippen LogP) is 2.50. The lowest BCUT2D eigenvalue weighted by atomic mass is 10.1. The number of H-pyrrole nitrogens is 1. The lowest BCUT2D eigenvalue weighted by Gasteiger charge is -2.03. The highest BCUT2D eigenvalue weighted by Gasteiger charge is 2.13. The van der Waals surface area contributed by atoms with Crippen LogP contribution in [-0.4, -0.2) is 27.0 Å². The number of hydrogen-bond acceptors (Lipinski definition) is 4. The first-order valence-corrected chi connectivity index (χ1v) is 7.05. The van der Waals surface area contributed by atoms with Gasteiger partial charge in [-0.3, -0.25) is 14.9 Å². The van der Waals surface area contributed by atoms with Gasteiger partial charge in [-0.05, 0) is 18.2 Å². The maximum absolute atomic E-state index is 12.3. The van der Waals surface area contributed by atoms with Crippen LogP contribution >= 0.6 is 11.3 Å². The van der Waals surface area contributed by atoms with Crippen LogP contribution in [0.3, 0.4) is 0 Å². The van der Waals surface area contributed by atoms with Crippen LogP contribution in [-0.2, 0) is 11.2 Å². The number of fused-ring (bicyclic) bond motifs is 1. The van der Waals surface area contributed by atoms with E-state index < -0.39 is 5.97 Å². The van der Waals surface area contributed by atoms with Gasteiger partial charge >= 0.3 is 5.97 Å². The maximum Gasteiger partial charge on any atom is 0.309 e. The molecule has 0 aliphatic carbocycles. The number of carbonyl (C=O) groups excluding carboxylic acids is 1. The van der Waals surface area contributed by atoms with Crippen molar-refractivity contribution >= 4 is 39.2 Å². The smallest absolute Gasteiger partial charge is 0.309 e. The van der Waals surface area contributed by atoms with Crippen molar-refractivity contribution in [3.05, 3.63) is 47.1 Å². The third-order valence-electron chi connectivity index (χ3n) is 2.94. The molecule has 3 rings (SSSR count). The maximum atomic E-state index is 12.3. The summed E-state index contributed by atoms with van der Waals surface area (Å²) in [6, 6.07) is 7.26. The van der Waals surface area contributed by atoms with E-state index in [1.807, 2.05) is 12.1 Å². The standard InChI is InChI=1S/C14H11N3O3S/c18-12(19)6-8-7-21-14(16-8)17-13(20)10-2-1-3-11-9(10)4-5-15-11/h1-5,7,15H,6H2,(H,18,19)(H,16,17,20). The molecule has 1 amide bonds. The van der Waals surface area contributed by atoms with Crippen molar-refractivity contribution in [1.29, 1.82) is 0 Å². The van der Waals surface area contributed by atoms with Gasteiger partial charge in [0.15, 0.2) is 5.13 Å². The van der Waals surface area contributed by atoms with Gasteiger partial charge in [-0.1, -0.05) is 6.07 Å². The molecule has 6 nitrogen and oxygen atoms in total. The van der Waals surface area contributed by atoms with E-state index in [2.05, 4.69) is 15.3 Å². The molecular weight excluding hydrogens is 290 g/mol. The largest absolute Gasteiger partial charge is 0.481 e. The summed E-state index contributed by atoms with van der Waals surface area (Å²) in [6.45, 7) is 0. The zero-order valence-corrected chi connectivity index (χ0v) is 11.6. The summed E-state index contributed by atoms with van der Waals surface area (Å²) in [6.07, 6.45) is 1.62. The number of carbonyl (C=O) groups is 2. The molecular formula is C14H11N3O3S. The van der Waals surface area contributed by atoms with Crippen LogP contribution < -0.4 is 5.32 Å². The molecule has 0 saturated heterocycles. The lowest BCUT2D eigenvalue weighted by Crippen LogP contribution is -2.12. The second kappa shape index (κ2) is 5.37. The number of benzene rings is 1. The van der Waals surface area contributed by atoms with Crippen molar-refractivity contribution in [1.82, 2.24) is 9.97 Å². The van der Waals surface area contributed by atoms with E-state index in [-0.39, 0.29) is 12.3 Å². The normalized spacial score (nSPS) is 10.7. The van der Waals surface area contributed by atoms with Gasteiger partial charge in [0, 0.05) is 28.0 Å². The quantitative estimate of drug-likeness (QED) is 0.690. The molecule has 2 aromatic heterocycles. The molecule has 3 N–H and O–H groups in total. The number of thiazole rings is 1. The number of carboxylic acids is 1. The van der Waals surface area contributed by atoms with Gasteiger partial charge in [-0.2, -0.15) is 0 Å². The Hall–Kier alpha value is -2.67. The minimum absolute atomic E-state index is 0.153. The summed E-state index contributed by atoms with van der Waals surface area (Å²) in [4.78, 5) is 30.0. The minimum atomic E-state index is -0.949. The van der Waals surface area contributed by atoms with E-state index in [1.54, 1.807) is 23.7 Å². The third-order valence-corrected chi connectivity index (χ3v) is 3.75. The molecule has 0 bridgehead atoms. The van der Waals surface area contributed by atoms with E-state index in [4.69, 9.17) is 5.11 Å². The van der Waals surface area contributed by atoms with Crippen molar-refractivity contribution in [3.63, 3.8) is 0 Å². The highest BCUT2D eigenvalue weighted by molar-refractivity contribution is 7.14. The fourth-order valence-corrected chi connectivity index (χ4v) is 2.75. The van der Waals surface area contributed by atoms with Crippen LogP contribution in [0.2, 0.25) is 0 Å². The zero-order valence-electron chi connectivity index (χ0n) is 10.8. The Labute approximate surface area is 123 Å². The summed E-state index contributed by atoms with van der Waals surface area (Å²) in [5.74, 6) is -1.22. The number of rotatable bonds is 4. The molecule has 7 heteroatoms. The number of carboxylic acid groups (broad SMARTS) is 1. The topological polar surface area (TPSA) is 95.1 Å². The molecule has 0 unspecified atom stereocenters. The fraction of sp³-hybridized carbons (Fsp3) is 0.0714. The molecule has 0 aliphatic heterocycles. The van der Waals surface area contributed by atoms with Crippen LogP contribution in [0.5, 0.6) is 0 Å². The number of hydrogen-bond donors (Lipinski definition) is 3. The molecule has 0 radical (unpaired) electrons. The number of aliphatic carboxylic acids is 1. The molecule has 0 spiro atoms. The molecule has 0 fully saturated rings. The Balaban J connectivity index is 1.81. The number of aromatic amines is 1. The van der Waals surface area contributed by atoms with E-state index >= 15 is 0 Å². The van der Waals surface area contributed by atoms with Gasteiger partial charge in [0.1, 0.15) is 0 Å². The van der Waals surface area contributed by atoms with Gasteiger partial charge in [0.2, 0.25) is 0 Å². The first-order valence-electron chi connectivity index (χ1n) is 6.17. The van der Waals surface area contributed by atoms with E-state index in [0.717, 1.165) is 10.9 Å². The SMILES string of the molecule is O=C(O)Cc1csc(NC(=O)c2cccc3[nH]ccc23)n1. The molecule has 1 aromatic carbocycles. The van der Waals surface area contributed by atoms with E-state index in [0.29, 0.717) is 16.4 Å². The van der Waals surface area contributed by atoms with Gasteiger partial charge < -0.3 is 10.1 Å². The first-order chi connectivity index (χ1) is 10.1. The Kier molecular flexibility index (Phi) is 3.41. The van der Waals surface area contributed by atoms with Crippen LogP contribution in [0.15, 0.2) is 35.8 Å². The number of aromatic nitrogens is 2. The Morgan fingerprint density at radius 3 is 3.00 bits per heavy atom. The molecule has 21 heavy (non-hydrogen) atoms. The molecule has 0 atom stereocenters. The minimum Gasteiger partial charge on any atom is -0.481 e. The number of anilines is 1. The Morgan fingerprint density at radius 2 is 2.19 bits per heavy atom. The fourth-order valence-electron chi connectivity index (χ4n) is 2.05. The second-order valence-corrected chi connectivity index (χ2v) is 5.27. The molecule has 106 valence electrons. The van der Waals surface area contributed by atoms with Gasteiger partial charge in [-0.25, -0.2) is 4.98 Å². The predicted molar refractivity (Wildman–Crippen MR) is 79.7 cm³/mol. The van der Waals surface area contributed by atoms with Crippen molar-refractivity contribution in [2.24, 2.45) is 0 Å². The summed E-state index contributed by atoms with van der Waals surface area (Å²) in [7, 11) is 0. The average Bonchev–Trinajstić information content (AvgIpc) is 3.06. The number of nitrogens with one attached hydrogen (secondary N) is 2. The highest BCUT2D eigenvalue weighted by atomic mass is 32.1. The molecule has 3 aromatic rings. The monoisotopic (exact) mass is 301 g/mol. The zero-order chi connectivity index (χ0) is 14.8. The molecule has 2 heterocycles. The highest BCUT2D eigenvalue weighted by Crippen LogP contribution is 2.21. The van der Waals surface area contributed by atoms with Crippen molar-refractivity contribution < 1.29 is 14.7 Å². The summed E-state index contributed by atoms with van der Waals surface area (Å²) >= 11 is 1.21. The van der Waals surface area contributed by atoms with Crippen molar-refractivity contribution in [2.45, 2.75) is 6.42 Å². The van der Waals surface area contributed by atoms with Crippen LogP contribution in [0.25, 0.3) is 10.9 Å². The first kappa shape index (κ1) is 13.3. The van der Waals surface area contributed by atoms with E-state index in [1.165, 1.54) is 11.3 Å². The lowest BCUT2D eigenvalue weighted by molar-refractivity contribution is -0.136. The van der Waals surface area contributed by atoms with Gasteiger partial charge in [-0.15, -0.1) is 11.3 Å². The number of amides is 1. The summed E-state index contributed by atoms with van der Waals surface area (Å²) in [5.41, 5.74) is 1.86. The van der Waals surface area contributed by atoms with Gasteiger partial charge in [0.05, 0.1) is 12.1 Å². The average molecular weight is 301 g/mol. The van der Waals surface area contributed by atoms with Crippen LogP contribution in [0, 0.1) is 0 Å². The van der Waals surface area contributed by atoms with Crippen LogP contribution in [0.1, 0.15) is 16.1 Å². The third kappa shape index (κ3) is 2.77. The van der Waals surface area contributed by atoms with Crippen molar-refractivity contribution in [3.8, 4) is 0 Å². The van der Waals surface area contributed by atoms with Crippen LogP contribution in [0.4, 0.5) is 5.13 Å². The summed E-state index contributed by atoms with van der Waals surface area (Å²) < 4.78 is 0. The second-order valence-electron chi connectivity index (χ2n) is 4.41. The Bertz CT molecular complexity index is 822. The van der Waals surface area contributed by atoms with Crippen molar-refractivity contribution in [2.75, 3.05) is 5.32 Å². The molecule has 0 saturated carbocycles. The Morgan fingerprint density at radius 1 is 1.33 bits per heavy atom. The number of nitrogens with zero attached hydrogens (tertiary/aromatic N) is 1. The van der Waals surface area contributed by atoms with E-state index in [9.17, 15) is 9.59 Å².